The topological polar surface area (TPSA) is 20.2 Å². The molecule has 0 amide bonds. The van der Waals surface area contributed by atoms with Crippen molar-refractivity contribution in [2.24, 2.45) is 0 Å². The molecule has 1 N–H and O–H groups in total. The molecule has 0 unspecified atom stereocenters. The molecule has 0 aliphatic rings. The summed E-state index contributed by atoms with van der Waals surface area (Å²) >= 11 is 1.31. The van der Waals surface area contributed by atoms with E-state index in [4.69, 9.17) is 5.11 Å². The highest BCUT2D eigenvalue weighted by Gasteiger charge is 1.94. The van der Waals surface area contributed by atoms with Crippen molar-refractivity contribution in [1.82, 2.24) is 0 Å². The molecule has 0 saturated heterocycles. The summed E-state index contributed by atoms with van der Waals surface area (Å²) in [7, 11) is 0. The summed E-state index contributed by atoms with van der Waals surface area (Å²) in [5.41, 5.74) is 0.255. The molecule has 0 aromatic heterocycles. The van der Waals surface area contributed by atoms with Crippen molar-refractivity contribution in [2.45, 2.75) is 0 Å². The van der Waals surface area contributed by atoms with Crippen molar-refractivity contribution in [1.29, 1.82) is 0 Å². The van der Waals surface area contributed by atoms with E-state index < -0.39 is 0 Å². The molecule has 0 aliphatic carbocycles. The van der Waals surface area contributed by atoms with Crippen LogP contribution >= 0.6 is 11.8 Å². The fraction of sp³-hybridized carbons (Fsp3) is 0.167. The van der Waals surface area contributed by atoms with E-state index in [-0.39, 0.29) is 5.44 Å². The quantitative estimate of drug-likeness (QED) is 0.585. The Kier molecular flexibility index (Phi) is 4.81. The van der Waals surface area contributed by atoms with Crippen LogP contribution in [0.3, 0.4) is 0 Å². The van der Waals surface area contributed by atoms with Crippen LogP contribution in [0.25, 0.3) is 0 Å². The van der Waals surface area contributed by atoms with E-state index in [1.54, 1.807) is 6.08 Å². The van der Waals surface area contributed by atoms with Gasteiger partial charge in [0.05, 0.1) is 0 Å². The highest BCUT2D eigenvalue weighted by molar-refractivity contribution is 8.02. The fourth-order valence-corrected chi connectivity index (χ4v) is 0.610. The Bertz CT molecular complexity index is 80.6. The van der Waals surface area contributed by atoms with E-state index in [1.165, 1.54) is 17.8 Å². The molecule has 0 aliphatic heterocycles. The van der Waals surface area contributed by atoms with Gasteiger partial charge in [-0.1, -0.05) is 12.7 Å². The van der Waals surface area contributed by atoms with Crippen LogP contribution in [-0.4, -0.2) is 10.9 Å². The Morgan fingerprint density at radius 2 is 2.25 bits per heavy atom. The van der Waals surface area contributed by atoms with Gasteiger partial charge in [-0.2, -0.15) is 0 Å². The van der Waals surface area contributed by atoms with E-state index in [9.17, 15) is 0 Å². The lowest BCUT2D eigenvalue weighted by atomic mass is 10.7. The Morgan fingerprint density at radius 3 is 2.62 bits per heavy atom. The van der Waals surface area contributed by atoms with Crippen LogP contribution in [0.2, 0.25) is 0 Å². The molecule has 2 heteroatoms. The predicted molar refractivity (Wildman–Crippen MR) is 38.0 cm³/mol. The van der Waals surface area contributed by atoms with Crippen LogP contribution in [0.4, 0.5) is 0 Å². The summed E-state index contributed by atoms with van der Waals surface area (Å²) in [5, 5.41) is 8.70. The average molecular weight is 129 g/mol. The number of hydrogen-bond acceptors (Lipinski definition) is 2. The summed E-state index contributed by atoms with van der Waals surface area (Å²) < 4.78 is 0. The minimum atomic E-state index is 0.255. The Hall–Kier alpha value is -0.210. The van der Waals surface area contributed by atoms with Gasteiger partial charge in [0.15, 0.2) is 5.44 Å². The molecule has 0 atom stereocenters. The van der Waals surface area contributed by atoms with Gasteiger partial charge in [-0.15, -0.1) is 18.3 Å². The Morgan fingerprint density at radius 1 is 1.62 bits per heavy atom. The molecule has 1 radical (unpaired) electrons. The third-order valence-electron chi connectivity index (χ3n) is 0.524. The van der Waals surface area contributed by atoms with Crippen molar-refractivity contribution >= 4 is 11.8 Å². The average Bonchev–Trinajstić information content (AvgIpc) is 1.83. The zero-order valence-electron chi connectivity index (χ0n) is 4.63. The van der Waals surface area contributed by atoms with Crippen LogP contribution in [-0.2, 0) is 0 Å². The number of thioether (sulfide) groups is 1. The van der Waals surface area contributed by atoms with Gasteiger partial charge < -0.3 is 5.11 Å². The lowest BCUT2D eigenvalue weighted by Crippen LogP contribution is -1.82. The molecule has 8 heavy (non-hydrogen) atoms. The highest BCUT2D eigenvalue weighted by atomic mass is 32.2. The third-order valence-corrected chi connectivity index (χ3v) is 1.39. The Labute approximate surface area is 54.1 Å². The lowest BCUT2D eigenvalue weighted by molar-refractivity contribution is 0.400. The lowest BCUT2D eigenvalue weighted by Gasteiger charge is -1.96. The fourth-order valence-electron chi connectivity index (χ4n) is 0.203. The zero-order valence-corrected chi connectivity index (χ0v) is 5.45. The standard InChI is InChI=1S/C6H9OS/c1-3-5-8-6(7)4-2/h3-4,7H,1-2,5H2. The molecule has 1 nitrogen and oxygen atoms in total. The van der Waals surface area contributed by atoms with Crippen molar-refractivity contribution in [2.75, 3.05) is 5.75 Å². The van der Waals surface area contributed by atoms with Gasteiger partial charge in [-0.25, -0.2) is 0 Å². The maximum Gasteiger partial charge on any atom is 0.171 e. The monoisotopic (exact) mass is 129 g/mol. The first kappa shape index (κ1) is 7.79. The second-order valence-electron chi connectivity index (χ2n) is 1.14. The molecule has 0 fully saturated rings. The van der Waals surface area contributed by atoms with Crippen LogP contribution in [0.5, 0.6) is 0 Å². The first-order valence-corrected chi connectivity index (χ1v) is 3.22. The van der Waals surface area contributed by atoms with E-state index in [0.717, 1.165) is 5.75 Å². The van der Waals surface area contributed by atoms with Gasteiger partial charge in [-0.3, -0.25) is 0 Å². The van der Waals surface area contributed by atoms with Crippen LogP contribution in [0.15, 0.2) is 25.3 Å². The van der Waals surface area contributed by atoms with Crippen LogP contribution in [0, 0.1) is 5.44 Å². The van der Waals surface area contributed by atoms with Crippen molar-refractivity contribution in [3.63, 3.8) is 0 Å². The van der Waals surface area contributed by atoms with Gasteiger partial charge in [0.2, 0.25) is 0 Å². The largest absolute Gasteiger partial charge is 0.372 e. The van der Waals surface area contributed by atoms with E-state index in [0.29, 0.717) is 0 Å². The summed E-state index contributed by atoms with van der Waals surface area (Å²) in [6.07, 6.45) is 3.14. The van der Waals surface area contributed by atoms with E-state index in [2.05, 4.69) is 13.2 Å². The number of aliphatic hydroxyl groups excluding tert-OH is 1. The van der Waals surface area contributed by atoms with Crippen LogP contribution < -0.4 is 0 Å². The molecule has 0 rings (SSSR count). The van der Waals surface area contributed by atoms with Crippen LogP contribution in [0.1, 0.15) is 0 Å². The van der Waals surface area contributed by atoms with Gasteiger partial charge >= 0.3 is 0 Å². The molecular weight excluding hydrogens is 120 g/mol. The molecule has 0 spiro atoms. The first-order chi connectivity index (χ1) is 3.81. The first-order valence-electron chi connectivity index (χ1n) is 2.23. The second kappa shape index (κ2) is 4.94. The minimum Gasteiger partial charge on any atom is -0.372 e. The van der Waals surface area contributed by atoms with Crippen molar-refractivity contribution in [3.05, 3.63) is 30.7 Å². The minimum absolute atomic E-state index is 0.255. The predicted octanol–water partition coefficient (Wildman–Crippen LogP) is 1.95. The summed E-state index contributed by atoms with van der Waals surface area (Å²) in [4.78, 5) is 0. The maximum atomic E-state index is 8.70. The molecule has 0 aromatic carbocycles. The third kappa shape index (κ3) is 3.96. The SMILES string of the molecule is C=CCS[C](O)C=C. The van der Waals surface area contributed by atoms with Gasteiger partial charge in [0.25, 0.3) is 0 Å². The highest BCUT2D eigenvalue weighted by Crippen LogP contribution is 2.15. The molecule has 0 saturated carbocycles. The number of rotatable bonds is 4. The van der Waals surface area contributed by atoms with Gasteiger partial charge in [0.1, 0.15) is 0 Å². The summed E-state index contributed by atoms with van der Waals surface area (Å²) in [6.45, 7) is 6.86. The number of aliphatic hydroxyl groups is 1. The second-order valence-corrected chi connectivity index (χ2v) is 2.18. The van der Waals surface area contributed by atoms with E-state index >= 15 is 0 Å². The van der Waals surface area contributed by atoms with E-state index in [1.807, 2.05) is 0 Å². The number of hydrogen-bond donors (Lipinski definition) is 1. The zero-order chi connectivity index (χ0) is 6.41. The van der Waals surface area contributed by atoms with Gasteiger partial charge in [0, 0.05) is 5.75 Å². The van der Waals surface area contributed by atoms with Crippen molar-refractivity contribution < 1.29 is 5.11 Å². The normalized spacial score (nSPS) is 9.25. The maximum absolute atomic E-state index is 8.70. The molecule has 45 valence electrons. The Balaban J connectivity index is 3.09. The summed E-state index contributed by atoms with van der Waals surface area (Å²) in [5.74, 6) is 0.734. The van der Waals surface area contributed by atoms with Gasteiger partial charge in [-0.05, 0) is 6.08 Å². The molecule has 0 bridgehead atoms. The smallest absolute Gasteiger partial charge is 0.171 e. The molecular formula is C6H9OS. The molecule has 0 heterocycles. The molecule has 0 aromatic rings. The summed E-state index contributed by atoms with van der Waals surface area (Å²) in [6, 6.07) is 0. The van der Waals surface area contributed by atoms with Crippen molar-refractivity contribution in [3.8, 4) is 0 Å².